The van der Waals surface area contributed by atoms with Gasteiger partial charge in [0.2, 0.25) is 5.91 Å². The predicted molar refractivity (Wildman–Crippen MR) is 72.1 cm³/mol. The number of nitrogens with zero attached hydrogens (tertiary/aromatic N) is 1. The molecule has 0 saturated carbocycles. The van der Waals surface area contributed by atoms with Crippen molar-refractivity contribution in [2.45, 2.75) is 32.1 Å². The summed E-state index contributed by atoms with van der Waals surface area (Å²) >= 11 is 0. The molecule has 1 saturated heterocycles. The molecule has 0 bridgehead atoms. The Kier molecular flexibility index (Phi) is 5.43. The number of alkyl halides is 5. The highest BCUT2D eigenvalue weighted by Gasteiger charge is 2.42. The normalized spacial score (nSPS) is 19.0. The smallest absolute Gasteiger partial charge is 0.393 e. The van der Waals surface area contributed by atoms with E-state index in [9.17, 15) is 26.7 Å². The number of amides is 1. The van der Waals surface area contributed by atoms with Crippen molar-refractivity contribution in [2.75, 3.05) is 13.1 Å². The van der Waals surface area contributed by atoms with Crippen molar-refractivity contribution in [3.63, 3.8) is 0 Å². The fourth-order valence-corrected chi connectivity index (χ4v) is 2.59. The molecule has 3 nitrogen and oxygen atoms in total. The maximum atomic E-state index is 12.8. The minimum absolute atomic E-state index is 0.0188. The Balaban J connectivity index is 1.98. The average molecular weight is 337 g/mol. The van der Waals surface area contributed by atoms with Crippen LogP contribution in [0.3, 0.4) is 0 Å². The van der Waals surface area contributed by atoms with Crippen LogP contribution in [0.1, 0.15) is 18.4 Å². The highest BCUT2D eigenvalue weighted by Crippen LogP contribution is 2.33. The number of benzene rings is 1. The van der Waals surface area contributed by atoms with Gasteiger partial charge < -0.3 is 9.64 Å². The third-order valence-electron chi connectivity index (χ3n) is 3.72. The Morgan fingerprint density at radius 1 is 1.35 bits per heavy atom. The molecule has 1 aliphatic rings. The fraction of sp³-hybridized carbons (Fsp3) is 0.533. The lowest BCUT2D eigenvalue weighted by atomic mass is 9.97. The first-order valence-corrected chi connectivity index (χ1v) is 7.14. The van der Waals surface area contributed by atoms with Crippen molar-refractivity contribution in [3.8, 4) is 5.75 Å². The topological polar surface area (TPSA) is 29.5 Å². The van der Waals surface area contributed by atoms with Gasteiger partial charge in [-0.25, -0.2) is 0 Å². The lowest BCUT2D eigenvalue weighted by Gasteiger charge is -2.33. The molecule has 23 heavy (non-hydrogen) atoms. The molecule has 1 atom stereocenters. The van der Waals surface area contributed by atoms with Gasteiger partial charge in [-0.05, 0) is 30.5 Å². The first-order chi connectivity index (χ1) is 10.8. The van der Waals surface area contributed by atoms with Gasteiger partial charge in [0.05, 0.1) is 12.3 Å². The number of hydrogen-bond acceptors (Lipinski definition) is 2. The van der Waals surface area contributed by atoms with Gasteiger partial charge in [-0.2, -0.15) is 22.0 Å². The lowest BCUT2D eigenvalue weighted by Crippen LogP contribution is -2.45. The monoisotopic (exact) mass is 337 g/mol. The zero-order valence-electron chi connectivity index (χ0n) is 12.2. The van der Waals surface area contributed by atoms with Crippen molar-refractivity contribution in [3.05, 3.63) is 29.8 Å². The van der Waals surface area contributed by atoms with Crippen LogP contribution in [-0.2, 0) is 11.2 Å². The van der Waals surface area contributed by atoms with Crippen molar-refractivity contribution < 1.29 is 31.5 Å². The number of ether oxygens (including phenoxy) is 1. The summed E-state index contributed by atoms with van der Waals surface area (Å²) < 4.78 is 66.8. The van der Waals surface area contributed by atoms with Gasteiger partial charge in [0.25, 0.3) is 0 Å². The molecule has 0 N–H and O–H groups in total. The predicted octanol–water partition coefficient (Wildman–Crippen LogP) is 3.63. The Morgan fingerprint density at radius 2 is 2.09 bits per heavy atom. The van der Waals surface area contributed by atoms with E-state index in [-0.39, 0.29) is 31.7 Å². The molecule has 2 rings (SSSR count). The minimum atomic E-state index is -4.32. The van der Waals surface area contributed by atoms with Crippen LogP contribution >= 0.6 is 0 Å². The summed E-state index contributed by atoms with van der Waals surface area (Å²) in [5.41, 5.74) is 0.419. The van der Waals surface area contributed by atoms with E-state index in [1.807, 2.05) is 0 Å². The molecule has 1 amide bonds. The van der Waals surface area contributed by atoms with Gasteiger partial charge in [-0.15, -0.1) is 0 Å². The van der Waals surface area contributed by atoms with E-state index in [2.05, 4.69) is 4.74 Å². The Hall–Kier alpha value is -1.86. The van der Waals surface area contributed by atoms with Crippen LogP contribution in [0.4, 0.5) is 22.0 Å². The van der Waals surface area contributed by atoms with Gasteiger partial charge in [0, 0.05) is 13.1 Å². The van der Waals surface area contributed by atoms with Crippen molar-refractivity contribution in [1.29, 1.82) is 0 Å². The molecule has 1 aromatic rings. The number of carbonyl (C=O) groups is 1. The number of rotatable bonds is 4. The van der Waals surface area contributed by atoms with Gasteiger partial charge in [0.15, 0.2) is 0 Å². The van der Waals surface area contributed by atoms with Crippen LogP contribution in [0.5, 0.6) is 5.75 Å². The van der Waals surface area contributed by atoms with Crippen LogP contribution < -0.4 is 4.74 Å². The molecule has 0 aliphatic carbocycles. The molecule has 0 aromatic heterocycles. The molecule has 1 heterocycles. The number of carbonyl (C=O) groups excluding carboxylic acids is 1. The summed E-state index contributed by atoms with van der Waals surface area (Å²) in [7, 11) is 0. The Morgan fingerprint density at radius 3 is 2.74 bits per heavy atom. The molecule has 1 fully saturated rings. The fourth-order valence-electron chi connectivity index (χ4n) is 2.59. The van der Waals surface area contributed by atoms with E-state index in [0.29, 0.717) is 12.0 Å². The van der Waals surface area contributed by atoms with Gasteiger partial charge >= 0.3 is 12.8 Å². The van der Waals surface area contributed by atoms with Crippen LogP contribution in [-0.4, -0.2) is 36.7 Å². The van der Waals surface area contributed by atoms with E-state index < -0.39 is 24.6 Å². The van der Waals surface area contributed by atoms with E-state index in [1.165, 1.54) is 23.1 Å². The quantitative estimate of drug-likeness (QED) is 0.785. The van der Waals surface area contributed by atoms with Crippen molar-refractivity contribution in [2.24, 2.45) is 5.92 Å². The summed E-state index contributed by atoms with van der Waals surface area (Å²) in [6, 6.07) is 5.60. The molecule has 1 aromatic carbocycles. The summed E-state index contributed by atoms with van der Waals surface area (Å²) in [6.07, 6.45) is -4.15. The molecule has 128 valence electrons. The highest BCUT2D eigenvalue weighted by molar-refractivity contribution is 5.79. The number of halogens is 5. The largest absolute Gasteiger partial charge is 0.435 e. The summed E-state index contributed by atoms with van der Waals surface area (Å²) in [4.78, 5) is 13.3. The third kappa shape index (κ3) is 5.07. The second kappa shape index (κ2) is 7.14. The van der Waals surface area contributed by atoms with Crippen LogP contribution in [0.25, 0.3) is 0 Å². The summed E-state index contributed by atoms with van der Waals surface area (Å²) in [5.74, 6) is -2.04. The maximum Gasteiger partial charge on any atom is 0.393 e. The summed E-state index contributed by atoms with van der Waals surface area (Å²) in [5, 5.41) is 0. The number of hydrogen-bond donors (Lipinski definition) is 0. The maximum absolute atomic E-state index is 12.8. The Labute approximate surface area is 130 Å². The number of likely N-dealkylation sites (tertiary alicyclic amines) is 1. The van der Waals surface area contributed by atoms with Crippen molar-refractivity contribution >= 4 is 5.91 Å². The minimum Gasteiger partial charge on any atom is -0.435 e. The second-order valence-corrected chi connectivity index (χ2v) is 5.42. The lowest BCUT2D eigenvalue weighted by molar-refractivity contribution is -0.187. The molecule has 0 radical (unpaired) electrons. The molecular weight excluding hydrogens is 321 g/mol. The van der Waals surface area contributed by atoms with Crippen LogP contribution in [0.15, 0.2) is 24.3 Å². The average Bonchev–Trinajstić information content (AvgIpc) is 2.46. The van der Waals surface area contributed by atoms with E-state index in [0.717, 1.165) is 0 Å². The Bertz CT molecular complexity index is 547. The molecule has 1 aliphatic heterocycles. The van der Waals surface area contributed by atoms with E-state index in [1.54, 1.807) is 6.07 Å². The van der Waals surface area contributed by atoms with E-state index >= 15 is 0 Å². The third-order valence-corrected chi connectivity index (χ3v) is 3.72. The molecule has 0 spiro atoms. The van der Waals surface area contributed by atoms with E-state index in [4.69, 9.17) is 0 Å². The standard InChI is InChI=1S/C15H16F5NO2/c16-14(17)23-12-5-1-3-10(7-12)8-13(22)21-6-2-4-11(9-21)15(18,19)20/h1,3,5,7,11,14H,2,4,6,8-9H2/t11-/m1/s1. The van der Waals surface area contributed by atoms with Gasteiger partial charge in [-0.1, -0.05) is 12.1 Å². The number of piperidine rings is 1. The van der Waals surface area contributed by atoms with Gasteiger partial charge in [-0.3, -0.25) is 4.79 Å². The highest BCUT2D eigenvalue weighted by atomic mass is 19.4. The second-order valence-electron chi connectivity index (χ2n) is 5.42. The van der Waals surface area contributed by atoms with Crippen LogP contribution in [0.2, 0.25) is 0 Å². The van der Waals surface area contributed by atoms with Crippen molar-refractivity contribution in [1.82, 2.24) is 4.90 Å². The first-order valence-electron chi connectivity index (χ1n) is 7.14. The van der Waals surface area contributed by atoms with Gasteiger partial charge in [0.1, 0.15) is 5.75 Å². The molecule has 8 heteroatoms. The molecule has 0 unspecified atom stereocenters. The van der Waals surface area contributed by atoms with Crippen LogP contribution in [0, 0.1) is 5.92 Å². The first kappa shape index (κ1) is 17.5. The SMILES string of the molecule is O=C(Cc1cccc(OC(F)F)c1)N1CCC[C@@H](C(F)(F)F)C1. The summed E-state index contributed by atoms with van der Waals surface area (Å²) in [6.45, 7) is -3.05. The zero-order valence-corrected chi connectivity index (χ0v) is 12.2. The zero-order chi connectivity index (χ0) is 17.0. The molecular formula is C15H16F5NO2.